The van der Waals surface area contributed by atoms with Gasteiger partial charge in [0.25, 0.3) is 0 Å². The van der Waals surface area contributed by atoms with Gasteiger partial charge >= 0.3 is 0 Å². The summed E-state index contributed by atoms with van der Waals surface area (Å²) in [6.45, 7) is 2.40. The number of rotatable bonds is 2. The smallest absolute Gasteiger partial charge is 0.245 e. The molecule has 0 bridgehead atoms. The fraction of sp³-hybridized carbons (Fsp3) is 0.385. The van der Waals surface area contributed by atoms with Crippen molar-refractivity contribution >= 4 is 11.8 Å². The molecule has 1 fully saturated rings. The number of carbonyl (C=O) groups is 2. The Morgan fingerprint density at radius 1 is 1.32 bits per heavy atom. The third-order valence-electron chi connectivity index (χ3n) is 3.20. The average molecular weight is 262 g/mol. The molecule has 19 heavy (non-hydrogen) atoms. The second kappa shape index (κ2) is 4.46. The average Bonchev–Trinajstić information content (AvgIpc) is 2.82. The van der Waals surface area contributed by atoms with Gasteiger partial charge in [-0.3, -0.25) is 9.59 Å². The molecule has 2 aliphatic heterocycles. The van der Waals surface area contributed by atoms with Gasteiger partial charge in [0.1, 0.15) is 6.04 Å². The van der Waals surface area contributed by atoms with Gasteiger partial charge in [-0.15, -0.1) is 0 Å². The second-order valence-corrected chi connectivity index (χ2v) is 4.67. The number of benzene rings is 1. The summed E-state index contributed by atoms with van der Waals surface area (Å²) >= 11 is 0. The Kier molecular flexibility index (Phi) is 2.77. The maximum atomic E-state index is 12.0. The van der Waals surface area contributed by atoms with E-state index < -0.39 is 6.04 Å². The third-order valence-corrected chi connectivity index (χ3v) is 3.20. The van der Waals surface area contributed by atoms with Crippen LogP contribution in [0.2, 0.25) is 0 Å². The van der Waals surface area contributed by atoms with Crippen molar-refractivity contribution < 1.29 is 19.1 Å². The SMILES string of the molecule is CC1NC(=O)CN(Cc2ccc3c(c2)OCO3)C1=O. The van der Waals surface area contributed by atoms with Crippen LogP contribution in [-0.4, -0.2) is 36.1 Å². The number of piperazine rings is 1. The topological polar surface area (TPSA) is 67.9 Å². The molecule has 2 amide bonds. The molecule has 0 aromatic heterocycles. The molecular weight excluding hydrogens is 248 g/mol. The minimum Gasteiger partial charge on any atom is -0.454 e. The van der Waals surface area contributed by atoms with Crippen LogP contribution >= 0.6 is 0 Å². The Balaban J connectivity index is 1.77. The van der Waals surface area contributed by atoms with Crippen molar-refractivity contribution in [1.82, 2.24) is 10.2 Å². The Hall–Kier alpha value is -2.24. The molecule has 6 heteroatoms. The Morgan fingerprint density at radius 2 is 2.11 bits per heavy atom. The minimum atomic E-state index is -0.463. The largest absolute Gasteiger partial charge is 0.454 e. The van der Waals surface area contributed by atoms with Crippen LogP contribution in [0.3, 0.4) is 0 Å². The molecule has 1 unspecified atom stereocenters. The van der Waals surface area contributed by atoms with Crippen molar-refractivity contribution in [2.75, 3.05) is 13.3 Å². The third kappa shape index (κ3) is 2.21. The van der Waals surface area contributed by atoms with Crippen LogP contribution in [-0.2, 0) is 16.1 Å². The molecule has 0 radical (unpaired) electrons. The molecular formula is C13H14N2O4. The second-order valence-electron chi connectivity index (χ2n) is 4.67. The monoisotopic (exact) mass is 262 g/mol. The van der Waals surface area contributed by atoms with Gasteiger partial charge in [-0.05, 0) is 24.6 Å². The fourth-order valence-corrected chi connectivity index (χ4v) is 2.27. The van der Waals surface area contributed by atoms with Crippen LogP contribution in [0.5, 0.6) is 11.5 Å². The van der Waals surface area contributed by atoms with Crippen molar-refractivity contribution in [3.8, 4) is 11.5 Å². The Morgan fingerprint density at radius 3 is 2.95 bits per heavy atom. The molecule has 0 aliphatic carbocycles. The number of hydrogen-bond donors (Lipinski definition) is 1. The molecule has 2 heterocycles. The number of hydrogen-bond acceptors (Lipinski definition) is 4. The van der Waals surface area contributed by atoms with Gasteiger partial charge in [-0.25, -0.2) is 0 Å². The molecule has 0 saturated carbocycles. The summed E-state index contributed by atoms with van der Waals surface area (Å²) in [7, 11) is 0. The fourth-order valence-electron chi connectivity index (χ4n) is 2.27. The standard InChI is InChI=1S/C13H14N2O4/c1-8-13(17)15(6-12(16)14-8)5-9-2-3-10-11(4-9)19-7-18-10/h2-4,8H,5-7H2,1H3,(H,14,16). The maximum absolute atomic E-state index is 12.0. The lowest BCUT2D eigenvalue weighted by Gasteiger charge is -2.30. The first-order valence-electron chi connectivity index (χ1n) is 6.10. The summed E-state index contributed by atoms with van der Waals surface area (Å²) < 4.78 is 10.5. The van der Waals surface area contributed by atoms with Gasteiger partial charge in [0, 0.05) is 6.54 Å². The number of amides is 2. The molecule has 1 aromatic carbocycles. The Labute approximate surface area is 110 Å². The molecule has 100 valence electrons. The highest BCUT2D eigenvalue weighted by Crippen LogP contribution is 2.32. The van der Waals surface area contributed by atoms with Gasteiger partial charge in [-0.1, -0.05) is 6.07 Å². The highest BCUT2D eigenvalue weighted by atomic mass is 16.7. The van der Waals surface area contributed by atoms with Gasteiger partial charge < -0.3 is 19.7 Å². The summed E-state index contributed by atoms with van der Waals surface area (Å²) in [4.78, 5) is 25.0. The summed E-state index contributed by atoms with van der Waals surface area (Å²) in [6.07, 6.45) is 0. The van der Waals surface area contributed by atoms with E-state index in [1.165, 1.54) is 0 Å². The normalized spacial score (nSPS) is 21.5. The zero-order chi connectivity index (χ0) is 13.4. The molecule has 1 aromatic rings. The number of nitrogens with one attached hydrogen (secondary N) is 1. The minimum absolute atomic E-state index is 0.0720. The van der Waals surface area contributed by atoms with E-state index in [0.29, 0.717) is 18.0 Å². The first-order valence-corrected chi connectivity index (χ1v) is 6.10. The molecule has 6 nitrogen and oxygen atoms in total. The molecule has 2 aliphatic rings. The predicted molar refractivity (Wildman–Crippen MR) is 65.6 cm³/mol. The van der Waals surface area contributed by atoms with Crippen molar-refractivity contribution in [1.29, 1.82) is 0 Å². The summed E-state index contributed by atoms with van der Waals surface area (Å²) in [5, 5.41) is 2.61. The van der Waals surface area contributed by atoms with Crippen molar-refractivity contribution in [3.05, 3.63) is 23.8 Å². The zero-order valence-electron chi connectivity index (χ0n) is 10.5. The van der Waals surface area contributed by atoms with Crippen molar-refractivity contribution in [3.63, 3.8) is 0 Å². The van der Waals surface area contributed by atoms with Gasteiger partial charge in [0.15, 0.2) is 11.5 Å². The molecule has 3 rings (SSSR count). The van der Waals surface area contributed by atoms with E-state index in [2.05, 4.69) is 5.32 Å². The van der Waals surface area contributed by atoms with E-state index >= 15 is 0 Å². The lowest BCUT2D eigenvalue weighted by molar-refractivity contribution is -0.144. The van der Waals surface area contributed by atoms with Gasteiger partial charge in [0.2, 0.25) is 18.6 Å². The maximum Gasteiger partial charge on any atom is 0.245 e. The van der Waals surface area contributed by atoms with Crippen LogP contribution in [0.25, 0.3) is 0 Å². The van der Waals surface area contributed by atoms with Crippen LogP contribution in [0.15, 0.2) is 18.2 Å². The van der Waals surface area contributed by atoms with Gasteiger partial charge in [0.05, 0.1) is 6.54 Å². The first-order chi connectivity index (χ1) is 9.13. The summed E-state index contributed by atoms with van der Waals surface area (Å²) in [5.74, 6) is 1.18. The molecule has 1 N–H and O–H groups in total. The van der Waals surface area contributed by atoms with E-state index in [1.54, 1.807) is 11.8 Å². The molecule has 0 spiro atoms. The van der Waals surface area contributed by atoms with Crippen LogP contribution in [0, 0.1) is 0 Å². The number of fused-ring (bicyclic) bond motifs is 1. The van der Waals surface area contributed by atoms with E-state index in [1.807, 2.05) is 18.2 Å². The lowest BCUT2D eigenvalue weighted by Crippen LogP contribution is -2.56. The highest BCUT2D eigenvalue weighted by molar-refractivity contribution is 5.94. The highest BCUT2D eigenvalue weighted by Gasteiger charge is 2.29. The first kappa shape index (κ1) is 11.8. The van der Waals surface area contributed by atoms with Crippen molar-refractivity contribution in [2.45, 2.75) is 19.5 Å². The molecule has 1 atom stereocenters. The van der Waals surface area contributed by atoms with Gasteiger partial charge in [-0.2, -0.15) is 0 Å². The predicted octanol–water partition coefficient (Wildman–Crippen LogP) is 0.262. The molecule has 1 saturated heterocycles. The number of nitrogens with zero attached hydrogens (tertiary/aromatic N) is 1. The van der Waals surface area contributed by atoms with E-state index in [9.17, 15) is 9.59 Å². The van der Waals surface area contributed by atoms with Crippen LogP contribution in [0.4, 0.5) is 0 Å². The summed E-state index contributed by atoms with van der Waals surface area (Å²) in [5.41, 5.74) is 0.916. The quantitative estimate of drug-likeness (QED) is 0.830. The van der Waals surface area contributed by atoms with E-state index in [0.717, 1.165) is 5.56 Å². The Bertz CT molecular complexity index is 543. The van der Waals surface area contributed by atoms with Crippen LogP contribution < -0.4 is 14.8 Å². The van der Waals surface area contributed by atoms with Crippen molar-refractivity contribution in [2.24, 2.45) is 0 Å². The lowest BCUT2D eigenvalue weighted by atomic mass is 10.1. The van der Waals surface area contributed by atoms with E-state index in [-0.39, 0.29) is 25.2 Å². The van der Waals surface area contributed by atoms with E-state index in [4.69, 9.17) is 9.47 Å². The number of carbonyl (C=O) groups excluding carboxylic acids is 2. The number of ether oxygens (including phenoxy) is 2. The van der Waals surface area contributed by atoms with Crippen LogP contribution in [0.1, 0.15) is 12.5 Å². The zero-order valence-corrected chi connectivity index (χ0v) is 10.5. The summed E-state index contributed by atoms with van der Waals surface area (Å²) in [6, 6.07) is 5.07.